The highest BCUT2D eigenvalue weighted by Crippen LogP contribution is 2.48. The van der Waals surface area contributed by atoms with Gasteiger partial charge in [0.1, 0.15) is 0 Å². The Morgan fingerprint density at radius 2 is 1.69 bits per heavy atom. The number of hydrogen-bond donors (Lipinski definition) is 2. The van der Waals surface area contributed by atoms with Gasteiger partial charge in [0.15, 0.2) is 0 Å². The van der Waals surface area contributed by atoms with Crippen LogP contribution in [0.3, 0.4) is 0 Å². The summed E-state index contributed by atoms with van der Waals surface area (Å²) in [6.45, 7) is 5.42. The highest BCUT2D eigenvalue weighted by molar-refractivity contribution is 9.10. The third kappa shape index (κ3) is 5.22. The van der Waals surface area contributed by atoms with E-state index < -0.39 is 29.4 Å². The molecule has 1 aliphatic rings. The second-order valence-electron chi connectivity index (χ2n) is 7.90. The zero-order valence-corrected chi connectivity index (χ0v) is 20.0. The van der Waals surface area contributed by atoms with E-state index in [2.05, 4.69) is 21.2 Å². The summed E-state index contributed by atoms with van der Waals surface area (Å²) >= 11 is 3.43. The van der Waals surface area contributed by atoms with Crippen LogP contribution in [0.1, 0.15) is 38.7 Å². The molecule has 0 saturated carbocycles. The minimum absolute atomic E-state index is 0.0621. The third-order valence-electron chi connectivity index (χ3n) is 5.51. The normalized spacial score (nSPS) is 22.9. The second kappa shape index (κ2) is 10.3. The van der Waals surface area contributed by atoms with Gasteiger partial charge < -0.3 is 19.9 Å². The van der Waals surface area contributed by atoms with Gasteiger partial charge in [0.2, 0.25) is 0 Å². The number of para-hydroxylation sites is 1. The summed E-state index contributed by atoms with van der Waals surface area (Å²) in [5.41, 5.74) is 0.860. The van der Waals surface area contributed by atoms with Gasteiger partial charge in [-0.05, 0) is 50.6 Å². The lowest BCUT2D eigenvalue weighted by Gasteiger charge is -2.43. The van der Waals surface area contributed by atoms with Crippen LogP contribution in [0, 0.1) is 5.92 Å². The van der Waals surface area contributed by atoms with Crippen LogP contribution in [0.15, 0.2) is 70.3 Å². The van der Waals surface area contributed by atoms with Gasteiger partial charge in [-0.3, -0.25) is 4.79 Å². The van der Waals surface area contributed by atoms with Gasteiger partial charge in [-0.1, -0.05) is 46.3 Å². The Morgan fingerprint density at radius 1 is 1.06 bits per heavy atom. The van der Waals surface area contributed by atoms with Crippen molar-refractivity contribution in [2.45, 2.75) is 38.7 Å². The zero-order valence-electron chi connectivity index (χ0n) is 18.4. The van der Waals surface area contributed by atoms with E-state index in [0.29, 0.717) is 16.8 Å². The fourth-order valence-corrected chi connectivity index (χ4v) is 4.46. The number of hydrogen-bond acceptors (Lipinski definition) is 6. The standard InChI is InChI=1S/C25H28BrNO5/c1-4-31-23(28)21-19(27-18-9-7-6-8-10-18)15-25(3,30)22(24(29)32-5-2)20(21)16-11-13-17(26)14-12-16/h6-14,20,22,27,30H,4-5,15H2,1-3H3/t20-,22-,25+/m1/s1. The van der Waals surface area contributed by atoms with E-state index >= 15 is 0 Å². The van der Waals surface area contributed by atoms with Crippen LogP contribution in [0.2, 0.25) is 0 Å². The van der Waals surface area contributed by atoms with Crippen molar-refractivity contribution >= 4 is 33.6 Å². The van der Waals surface area contributed by atoms with Crippen molar-refractivity contribution in [1.29, 1.82) is 0 Å². The maximum Gasteiger partial charge on any atom is 0.336 e. The number of rotatable bonds is 7. The van der Waals surface area contributed by atoms with E-state index in [1.807, 2.05) is 54.6 Å². The molecule has 3 atom stereocenters. The van der Waals surface area contributed by atoms with Crippen LogP contribution < -0.4 is 5.32 Å². The molecule has 6 nitrogen and oxygen atoms in total. The van der Waals surface area contributed by atoms with Gasteiger partial charge in [-0.2, -0.15) is 0 Å². The molecule has 1 aliphatic carbocycles. The Labute approximate surface area is 196 Å². The van der Waals surface area contributed by atoms with Crippen LogP contribution in [0.4, 0.5) is 5.69 Å². The Balaban J connectivity index is 2.23. The van der Waals surface area contributed by atoms with Gasteiger partial charge in [-0.15, -0.1) is 0 Å². The first-order chi connectivity index (χ1) is 15.3. The molecule has 0 spiro atoms. The van der Waals surface area contributed by atoms with E-state index in [1.54, 1.807) is 20.8 Å². The van der Waals surface area contributed by atoms with Crippen LogP contribution in [-0.4, -0.2) is 35.9 Å². The largest absolute Gasteiger partial charge is 0.466 e. The third-order valence-corrected chi connectivity index (χ3v) is 6.04. The van der Waals surface area contributed by atoms with E-state index in [9.17, 15) is 14.7 Å². The van der Waals surface area contributed by atoms with E-state index in [1.165, 1.54) is 0 Å². The molecule has 0 unspecified atom stereocenters. The van der Waals surface area contributed by atoms with Crippen LogP contribution in [-0.2, 0) is 19.1 Å². The van der Waals surface area contributed by atoms with Crippen molar-refractivity contribution in [3.05, 3.63) is 75.9 Å². The van der Waals surface area contributed by atoms with Gasteiger partial charge in [0, 0.05) is 28.2 Å². The molecule has 0 radical (unpaired) electrons. The first-order valence-electron chi connectivity index (χ1n) is 10.6. The van der Waals surface area contributed by atoms with Crippen molar-refractivity contribution in [3.63, 3.8) is 0 Å². The molecule has 2 N–H and O–H groups in total. The molecule has 0 aromatic heterocycles. The molecular weight excluding hydrogens is 474 g/mol. The molecule has 3 rings (SSSR count). The minimum Gasteiger partial charge on any atom is -0.466 e. The molecule has 7 heteroatoms. The quantitative estimate of drug-likeness (QED) is 0.530. The maximum absolute atomic E-state index is 13.2. The van der Waals surface area contributed by atoms with Crippen molar-refractivity contribution in [3.8, 4) is 0 Å². The Hall–Kier alpha value is -2.64. The highest BCUT2D eigenvalue weighted by atomic mass is 79.9. The van der Waals surface area contributed by atoms with Gasteiger partial charge in [0.05, 0.1) is 30.3 Å². The minimum atomic E-state index is -1.46. The van der Waals surface area contributed by atoms with Gasteiger partial charge in [0.25, 0.3) is 0 Å². The van der Waals surface area contributed by atoms with E-state index in [4.69, 9.17) is 9.47 Å². The summed E-state index contributed by atoms with van der Waals surface area (Å²) in [7, 11) is 0. The summed E-state index contributed by atoms with van der Waals surface area (Å²) in [5, 5.41) is 14.7. The summed E-state index contributed by atoms with van der Waals surface area (Å²) in [6, 6.07) is 16.7. The number of carbonyl (C=O) groups excluding carboxylic acids is 2. The molecule has 2 aromatic rings. The molecule has 0 amide bonds. The Kier molecular flexibility index (Phi) is 7.74. The molecular formula is C25H28BrNO5. The number of benzene rings is 2. The number of aliphatic hydroxyl groups is 1. The van der Waals surface area contributed by atoms with E-state index in [-0.39, 0.29) is 19.6 Å². The molecule has 0 saturated heterocycles. The highest BCUT2D eigenvalue weighted by Gasteiger charge is 2.52. The lowest BCUT2D eigenvalue weighted by Crippen LogP contribution is -2.49. The molecule has 2 aromatic carbocycles. The molecule has 0 fully saturated rings. The number of anilines is 1. The first kappa shape index (κ1) is 24.0. The lowest BCUT2D eigenvalue weighted by atomic mass is 9.66. The summed E-state index contributed by atoms with van der Waals surface area (Å²) in [6.07, 6.45) is 0.0621. The van der Waals surface area contributed by atoms with Gasteiger partial charge >= 0.3 is 11.9 Å². The lowest BCUT2D eigenvalue weighted by molar-refractivity contribution is -0.159. The second-order valence-corrected chi connectivity index (χ2v) is 8.81. The SMILES string of the molecule is CCOC(=O)C1=C(Nc2ccccc2)C[C@](C)(O)[C@@H](C(=O)OCC)[C@@H]1c1ccc(Br)cc1. The van der Waals surface area contributed by atoms with Crippen molar-refractivity contribution in [1.82, 2.24) is 0 Å². The Bertz CT molecular complexity index is 985. The molecule has 32 heavy (non-hydrogen) atoms. The number of esters is 2. The fraction of sp³-hybridized carbons (Fsp3) is 0.360. The first-order valence-corrected chi connectivity index (χ1v) is 11.4. The number of ether oxygens (including phenoxy) is 2. The fourth-order valence-electron chi connectivity index (χ4n) is 4.19. The van der Waals surface area contributed by atoms with Crippen molar-refractivity contribution < 1.29 is 24.2 Å². The number of nitrogens with one attached hydrogen (secondary N) is 1. The average Bonchev–Trinajstić information content (AvgIpc) is 2.74. The monoisotopic (exact) mass is 501 g/mol. The smallest absolute Gasteiger partial charge is 0.336 e. The van der Waals surface area contributed by atoms with Crippen LogP contribution in [0.5, 0.6) is 0 Å². The maximum atomic E-state index is 13.2. The average molecular weight is 502 g/mol. The molecule has 0 heterocycles. The molecule has 0 bridgehead atoms. The Morgan fingerprint density at radius 3 is 2.28 bits per heavy atom. The molecule has 0 aliphatic heterocycles. The summed E-state index contributed by atoms with van der Waals surface area (Å²) < 4.78 is 11.6. The summed E-state index contributed by atoms with van der Waals surface area (Å²) in [4.78, 5) is 26.3. The topological polar surface area (TPSA) is 84.9 Å². The van der Waals surface area contributed by atoms with Gasteiger partial charge in [-0.25, -0.2) is 4.79 Å². The number of halogens is 1. The molecule has 170 valence electrons. The van der Waals surface area contributed by atoms with Crippen LogP contribution >= 0.6 is 15.9 Å². The zero-order chi connectivity index (χ0) is 23.3. The number of carbonyl (C=O) groups is 2. The van der Waals surface area contributed by atoms with E-state index in [0.717, 1.165) is 10.2 Å². The summed E-state index contributed by atoms with van der Waals surface area (Å²) in [5.74, 6) is -2.81. The van der Waals surface area contributed by atoms with Crippen molar-refractivity contribution in [2.75, 3.05) is 18.5 Å². The van der Waals surface area contributed by atoms with Crippen molar-refractivity contribution in [2.24, 2.45) is 5.92 Å². The van der Waals surface area contributed by atoms with Crippen LogP contribution in [0.25, 0.3) is 0 Å². The predicted octanol–water partition coefficient (Wildman–Crippen LogP) is 4.80. The predicted molar refractivity (Wildman–Crippen MR) is 126 cm³/mol.